The van der Waals surface area contributed by atoms with Crippen LogP contribution in [0.3, 0.4) is 0 Å². The number of rotatable bonds is 7. The summed E-state index contributed by atoms with van der Waals surface area (Å²) in [5.74, 6) is 0.881. The lowest BCUT2D eigenvalue weighted by Crippen LogP contribution is -2.16. The first-order valence-corrected chi connectivity index (χ1v) is 8.54. The zero-order chi connectivity index (χ0) is 19.3. The summed E-state index contributed by atoms with van der Waals surface area (Å²) in [7, 11) is 0. The van der Waals surface area contributed by atoms with Gasteiger partial charge in [-0.25, -0.2) is 0 Å². The van der Waals surface area contributed by atoms with Crippen LogP contribution in [-0.4, -0.2) is 23.3 Å². The molecule has 0 saturated carbocycles. The lowest BCUT2D eigenvalue weighted by Gasteiger charge is -2.11. The van der Waals surface area contributed by atoms with Crippen molar-refractivity contribution in [1.29, 1.82) is 0 Å². The van der Waals surface area contributed by atoms with Crippen LogP contribution < -0.4 is 10.6 Å². The maximum atomic E-state index is 12.7. The Labute approximate surface area is 154 Å². The van der Waals surface area contributed by atoms with Crippen LogP contribution >= 0.6 is 0 Å². The van der Waals surface area contributed by atoms with Crippen molar-refractivity contribution < 1.29 is 17.6 Å². The second kappa shape index (κ2) is 8.22. The number of hydrogen-bond donors (Lipinski definition) is 2. The predicted octanol–water partition coefficient (Wildman–Crippen LogP) is 4.65. The number of para-hydroxylation sites is 1. The quantitative estimate of drug-likeness (QED) is 0.588. The van der Waals surface area contributed by atoms with Crippen LogP contribution in [0.2, 0.25) is 0 Å². The molecule has 0 aliphatic carbocycles. The van der Waals surface area contributed by atoms with Crippen molar-refractivity contribution in [2.24, 2.45) is 0 Å². The number of alkyl halides is 3. The van der Waals surface area contributed by atoms with Crippen molar-refractivity contribution in [3.63, 3.8) is 0 Å². The van der Waals surface area contributed by atoms with Gasteiger partial charge < -0.3 is 15.1 Å². The van der Waals surface area contributed by atoms with E-state index in [1.165, 1.54) is 12.1 Å². The second-order valence-electron chi connectivity index (χ2n) is 5.85. The molecule has 0 aliphatic rings. The average molecular weight is 376 g/mol. The smallest absolute Gasteiger partial charge is 0.416 e. The highest BCUT2D eigenvalue weighted by Crippen LogP contribution is 2.32. The minimum Gasteiger partial charge on any atom is -0.421 e. The Bertz CT molecular complexity index is 875. The summed E-state index contributed by atoms with van der Waals surface area (Å²) in [6.07, 6.45) is -3.74. The predicted molar refractivity (Wildman–Crippen MR) is 96.7 cm³/mol. The van der Waals surface area contributed by atoms with Crippen molar-refractivity contribution >= 4 is 11.4 Å². The maximum Gasteiger partial charge on any atom is 0.416 e. The Hall–Kier alpha value is -2.87. The van der Waals surface area contributed by atoms with E-state index in [0.29, 0.717) is 35.1 Å². The van der Waals surface area contributed by atoms with Gasteiger partial charge in [0.05, 0.1) is 16.8 Å². The van der Waals surface area contributed by atoms with Crippen LogP contribution in [-0.2, 0) is 12.6 Å². The minimum absolute atomic E-state index is 0.358. The molecule has 0 amide bonds. The Morgan fingerprint density at radius 3 is 2.44 bits per heavy atom. The molecule has 2 aromatic carbocycles. The number of anilines is 2. The zero-order valence-electron chi connectivity index (χ0n) is 14.7. The van der Waals surface area contributed by atoms with E-state index in [-0.39, 0.29) is 0 Å². The Morgan fingerprint density at radius 2 is 1.74 bits per heavy atom. The SMILES string of the molecule is CCNCCc1nnc(-c2ccccc2Nc2ccc(C(F)(F)F)cc2)o1. The Morgan fingerprint density at radius 1 is 1.00 bits per heavy atom. The third kappa shape index (κ3) is 4.85. The van der Waals surface area contributed by atoms with E-state index in [1.54, 1.807) is 6.07 Å². The molecule has 1 heterocycles. The van der Waals surface area contributed by atoms with Gasteiger partial charge in [-0.05, 0) is 42.9 Å². The van der Waals surface area contributed by atoms with Crippen molar-refractivity contribution in [1.82, 2.24) is 15.5 Å². The molecular weight excluding hydrogens is 357 g/mol. The van der Waals surface area contributed by atoms with E-state index in [9.17, 15) is 13.2 Å². The molecule has 0 spiro atoms. The Kier molecular flexibility index (Phi) is 5.75. The van der Waals surface area contributed by atoms with Crippen LogP contribution in [0.25, 0.3) is 11.5 Å². The number of likely N-dealkylation sites (N-methyl/N-ethyl adjacent to an activating group) is 1. The largest absolute Gasteiger partial charge is 0.421 e. The highest BCUT2D eigenvalue weighted by molar-refractivity contribution is 5.76. The van der Waals surface area contributed by atoms with Gasteiger partial charge >= 0.3 is 6.18 Å². The van der Waals surface area contributed by atoms with E-state index < -0.39 is 11.7 Å². The topological polar surface area (TPSA) is 63.0 Å². The highest BCUT2D eigenvalue weighted by atomic mass is 19.4. The van der Waals surface area contributed by atoms with E-state index >= 15 is 0 Å². The molecule has 142 valence electrons. The molecule has 0 radical (unpaired) electrons. The summed E-state index contributed by atoms with van der Waals surface area (Å²) in [6, 6.07) is 12.1. The van der Waals surface area contributed by atoms with E-state index in [4.69, 9.17) is 4.42 Å². The molecule has 5 nitrogen and oxygen atoms in total. The molecule has 3 rings (SSSR count). The highest BCUT2D eigenvalue weighted by Gasteiger charge is 2.29. The first-order valence-electron chi connectivity index (χ1n) is 8.54. The van der Waals surface area contributed by atoms with Crippen molar-refractivity contribution in [3.05, 3.63) is 60.0 Å². The van der Waals surface area contributed by atoms with E-state index in [0.717, 1.165) is 25.2 Å². The summed E-state index contributed by atoms with van der Waals surface area (Å²) >= 11 is 0. The molecule has 0 unspecified atom stereocenters. The number of hydrogen-bond acceptors (Lipinski definition) is 5. The van der Waals surface area contributed by atoms with Crippen LogP contribution in [0.1, 0.15) is 18.4 Å². The van der Waals surface area contributed by atoms with Gasteiger partial charge in [0.1, 0.15) is 0 Å². The van der Waals surface area contributed by atoms with Gasteiger partial charge in [0.15, 0.2) is 0 Å². The first kappa shape index (κ1) is 18.9. The van der Waals surface area contributed by atoms with Crippen molar-refractivity contribution in [3.8, 4) is 11.5 Å². The summed E-state index contributed by atoms with van der Waals surface area (Å²) in [6.45, 7) is 3.62. The molecule has 27 heavy (non-hydrogen) atoms. The average Bonchev–Trinajstić information content (AvgIpc) is 3.11. The van der Waals surface area contributed by atoms with E-state index in [1.807, 2.05) is 25.1 Å². The monoisotopic (exact) mass is 376 g/mol. The number of nitrogens with zero attached hydrogens (tertiary/aromatic N) is 2. The number of nitrogens with one attached hydrogen (secondary N) is 2. The molecule has 0 bridgehead atoms. The van der Waals surface area contributed by atoms with Gasteiger partial charge in [0.25, 0.3) is 0 Å². The van der Waals surface area contributed by atoms with Gasteiger partial charge in [0, 0.05) is 18.7 Å². The second-order valence-corrected chi connectivity index (χ2v) is 5.85. The third-order valence-electron chi connectivity index (χ3n) is 3.88. The van der Waals surface area contributed by atoms with Gasteiger partial charge in [-0.3, -0.25) is 0 Å². The van der Waals surface area contributed by atoms with Crippen LogP contribution in [0.4, 0.5) is 24.5 Å². The summed E-state index contributed by atoms with van der Waals surface area (Å²) in [5, 5.41) is 14.4. The van der Waals surface area contributed by atoms with E-state index in [2.05, 4.69) is 20.8 Å². The third-order valence-corrected chi connectivity index (χ3v) is 3.88. The molecule has 3 aromatic rings. The molecule has 2 N–H and O–H groups in total. The molecule has 0 fully saturated rings. The molecule has 0 aliphatic heterocycles. The number of aromatic nitrogens is 2. The molecule has 0 atom stereocenters. The van der Waals surface area contributed by atoms with Gasteiger partial charge in [-0.15, -0.1) is 10.2 Å². The van der Waals surface area contributed by atoms with Crippen molar-refractivity contribution in [2.45, 2.75) is 19.5 Å². The van der Waals surface area contributed by atoms with Crippen LogP contribution in [0.5, 0.6) is 0 Å². The maximum absolute atomic E-state index is 12.7. The number of halogens is 3. The first-order chi connectivity index (χ1) is 13.0. The Balaban J connectivity index is 1.78. The lowest BCUT2D eigenvalue weighted by atomic mass is 10.1. The fraction of sp³-hybridized carbons (Fsp3) is 0.263. The van der Waals surface area contributed by atoms with Gasteiger partial charge in [-0.1, -0.05) is 19.1 Å². The molecular formula is C19H19F3N4O. The van der Waals surface area contributed by atoms with Gasteiger partial charge in [-0.2, -0.15) is 13.2 Å². The number of benzene rings is 2. The molecule has 8 heteroatoms. The lowest BCUT2D eigenvalue weighted by molar-refractivity contribution is -0.137. The standard InChI is InChI=1S/C19H19F3N4O/c1-2-23-12-11-17-25-26-18(27-17)15-5-3-4-6-16(15)24-14-9-7-13(8-10-14)19(20,21)22/h3-10,23-24H,2,11-12H2,1H3. The van der Waals surface area contributed by atoms with Crippen molar-refractivity contribution in [2.75, 3.05) is 18.4 Å². The summed E-state index contributed by atoms with van der Waals surface area (Å²) in [4.78, 5) is 0. The zero-order valence-corrected chi connectivity index (χ0v) is 14.7. The molecule has 1 aromatic heterocycles. The van der Waals surface area contributed by atoms with Crippen LogP contribution in [0.15, 0.2) is 52.9 Å². The fourth-order valence-corrected chi connectivity index (χ4v) is 2.51. The normalized spacial score (nSPS) is 11.6. The summed E-state index contributed by atoms with van der Waals surface area (Å²) < 4.78 is 43.8. The van der Waals surface area contributed by atoms with Gasteiger partial charge in [0.2, 0.25) is 11.8 Å². The van der Waals surface area contributed by atoms with Crippen LogP contribution in [0, 0.1) is 0 Å². The minimum atomic E-state index is -4.36. The summed E-state index contributed by atoms with van der Waals surface area (Å²) in [5.41, 5.74) is 1.18. The molecule has 0 saturated heterocycles. The fourth-order valence-electron chi connectivity index (χ4n) is 2.51.